The highest BCUT2D eigenvalue weighted by Gasteiger charge is 2.50. The average Bonchev–Trinajstić information content (AvgIpc) is 2.62. The van der Waals surface area contributed by atoms with Crippen LogP contribution in [-0.4, -0.2) is 25.1 Å². The van der Waals surface area contributed by atoms with Crippen LogP contribution in [0.15, 0.2) is 60.2 Å². The molecule has 0 amide bonds. The molecule has 2 aromatic carbocycles. The van der Waals surface area contributed by atoms with E-state index in [1.165, 1.54) is 39.6 Å². The fourth-order valence-corrected chi connectivity index (χ4v) is 5.76. The minimum atomic E-state index is 0.547. The highest BCUT2D eigenvalue weighted by atomic mass is 127. The molecule has 2 atom stereocenters. The van der Waals surface area contributed by atoms with E-state index in [2.05, 4.69) is 105 Å². The van der Waals surface area contributed by atoms with Crippen molar-refractivity contribution in [3.05, 3.63) is 69.3 Å². The first-order valence-corrected chi connectivity index (χ1v) is 11.2. The Balaban J connectivity index is 1.43. The van der Waals surface area contributed by atoms with Crippen LogP contribution >= 0.6 is 22.6 Å². The standard InChI is InChI=1S/C25H31IN/c1-25(2)21-13-19(14-22(25)15-21)17-27(3,4)16-18-9-11-20(12-10-18)23-7-5-6-8-24(23)26/h5-13,21-22H,14-17H2,1-4H3/q+1/t21-,22+/m0/s1. The number of halogens is 1. The summed E-state index contributed by atoms with van der Waals surface area (Å²) in [7, 11) is 4.75. The molecule has 2 heteroatoms. The molecule has 1 nitrogen and oxygen atoms in total. The van der Waals surface area contributed by atoms with Crippen molar-refractivity contribution in [1.29, 1.82) is 0 Å². The van der Waals surface area contributed by atoms with Gasteiger partial charge in [0, 0.05) is 9.13 Å². The minimum Gasteiger partial charge on any atom is -0.321 e. The molecule has 0 unspecified atom stereocenters. The van der Waals surface area contributed by atoms with Crippen molar-refractivity contribution < 1.29 is 4.48 Å². The van der Waals surface area contributed by atoms with Crippen LogP contribution < -0.4 is 0 Å². The molecule has 142 valence electrons. The summed E-state index contributed by atoms with van der Waals surface area (Å²) in [5.74, 6) is 1.73. The summed E-state index contributed by atoms with van der Waals surface area (Å²) in [4.78, 5) is 0. The van der Waals surface area contributed by atoms with E-state index in [1.54, 1.807) is 5.57 Å². The Kier molecular flexibility index (Phi) is 5.00. The maximum absolute atomic E-state index is 2.61. The third-order valence-corrected chi connectivity index (χ3v) is 7.81. The zero-order valence-electron chi connectivity index (χ0n) is 17.0. The first kappa shape index (κ1) is 19.2. The van der Waals surface area contributed by atoms with Crippen LogP contribution in [-0.2, 0) is 6.54 Å². The van der Waals surface area contributed by atoms with Gasteiger partial charge in [-0.05, 0) is 75.4 Å². The summed E-state index contributed by atoms with van der Waals surface area (Å²) in [5, 5.41) is 0. The second-order valence-corrected chi connectivity index (χ2v) is 11.0. The van der Waals surface area contributed by atoms with Crippen LogP contribution in [0.4, 0.5) is 0 Å². The molecule has 2 aromatic rings. The Hall–Kier alpha value is -1.13. The second-order valence-electron chi connectivity index (χ2n) is 9.82. The number of benzene rings is 2. The number of likely N-dealkylation sites (N-methyl/N-ethyl adjacent to an activating group) is 1. The predicted molar refractivity (Wildman–Crippen MR) is 123 cm³/mol. The third-order valence-electron chi connectivity index (χ3n) is 6.87. The van der Waals surface area contributed by atoms with E-state index in [0.717, 1.165) is 22.9 Å². The van der Waals surface area contributed by atoms with Crippen molar-refractivity contribution in [1.82, 2.24) is 0 Å². The molecular weight excluding hydrogens is 441 g/mol. The number of hydrogen-bond acceptors (Lipinski definition) is 0. The Bertz CT molecular complexity index is 860. The molecule has 1 fully saturated rings. The highest BCUT2D eigenvalue weighted by molar-refractivity contribution is 14.1. The number of quaternary nitrogens is 1. The molecule has 3 aliphatic carbocycles. The first-order valence-electron chi connectivity index (χ1n) is 10.1. The van der Waals surface area contributed by atoms with E-state index in [9.17, 15) is 0 Å². The lowest BCUT2D eigenvalue weighted by Gasteiger charge is -2.55. The van der Waals surface area contributed by atoms with E-state index in [4.69, 9.17) is 0 Å². The smallest absolute Gasteiger partial charge is 0.104 e. The minimum absolute atomic E-state index is 0.547. The lowest BCUT2D eigenvalue weighted by atomic mass is 9.50. The van der Waals surface area contributed by atoms with Gasteiger partial charge in [-0.15, -0.1) is 0 Å². The van der Waals surface area contributed by atoms with Crippen LogP contribution in [0, 0.1) is 20.8 Å². The molecule has 2 bridgehead atoms. The molecule has 0 aliphatic heterocycles. The first-order chi connectivity index (χ1) is 12.7. The van der Waals surface area contributed by atoms with Crippen molar-refractivity contribution in [2.45, 2.75) is 33.2 Å². The Morgan fingerprint density at radius 3 is 2.30 bits per heavy atom. The second kappa shape index (κ2) is 7.04. The molecule has 0 saturated heterocycles. The van der Waals surface area contributed by atoms with E-state index >= 15 is 0 Å². The number of rotatable bonds is 5. The summed E-state index contributed by atoms with van der Waals surface area (Å²) in [5.41, 5.74) is 6.30. The topological polar surface area (TPSA) is 0 Å². The van der Waals surface area contributed by atoms with Gasteiger partial charge in [-0.3, -0.25) is 0 Å². The van der Waals surface area contributed by atoms with E-state index < -0.39 is 0 Å². The number of nitrogens with zero attached hydrogens (tertiary/aromatic N) is 1. The van der Waals surface area contributed by atoms with Crippen molar-refractivity contribution in [3.63, 3.8) is 0 Å². The lowest BCUT2D eigenvalue weighted by Crippen LogP contribution is -2.49. The Morgan fingerprint density at radius 1 is 1.00 bits per heavy atom. The lowest BCUT2D eigenvalue weighted by molar-refractivity contribution is -0.899. The normalized spacial score (nSPS) is 23.5. The highest BCUT2D eigenvalue weighted by Crippen LogP contribution is 2.58. The van der Waals surface area contributed by atoms with E-state index in [1.807, 2.05) is 0 Å². The fraction of sp³-hybridized carbons (Fsp3) is 0.440. The summed E-state index contributed by atoms with van der Waals surface area (Å²) in [6.45, 7) is 7.17. The van der Waals surface area contributed by atoms with Gasteiger partial charge >= 0.3 is 0 Å². The predicted octanol–water partition coefficient (Wildman–Crippen LogP) is 6.53. The van der Waals surface area contributed by atoms with Crippen molar-refractivity contribution in [2.75, 3.05) is 20.6 Å². The van der Waals surface area contributed by atoms with Crippen molar-refractivity contribution in [2.24, 2.45) is 17.3 Å². The van der Waals surface area contributed by atoms with Gasteiger partial charge in [-0.1, -0.05) is 62.4 Å². The molecule has 27 heavy (non-hydrogen) atoms. The number of hydrogen-bond donors (Lipinski definition) is 0. The van der Waals surface area contributed by atoms with Crippen molar-refractivity contribution >= 4 is 22.6 Å². The van der Waals surface area contributed by atoms with Crippen LogP contribution in [0.25, 0.3) is 11.1 Å². The van der Waals surface area contributed by atoms with Crippen LogP contribution in [0.3, 0.4) is 0 Å². The van der Waals surface area contributed by atoms with Gasteiger partial charge in [0.15, 0.2) is 0 Å². The zero-order valence-corrected chi connectivity index (χ0v) is 19.2. The van der Waals surface area contributed by atoms with Gasteiger partial charge < -0.3 is 4.48 Å². The van der Waals surface area contributed by atoms with Gasteiger partial charge in [0.05, 0.1) is 14.1 Å². The molecule has 0 aromatic heterocycles. The largest absolute Gasteiger partial charge is 0.321 e. The van der Waals surface area contributed by atoms with Crippen LogP contribution in [0.2, 0.25) is 0 Å². The quantitative estimate of drug-likeness (QED) is 0.264. The van der Waals surface area contributed by atoms with E-state index in [0.29, 0.717) is 5.41 Å². The molecule has 0 spiro atoms. The maximum atomic E-state index is 2.61. The molecule has 0 N–H and O–H groups in total. The molecule has 1 saturated carbocycles. The number of allylic oxidation sites excluding steroid dienone is 1. The summed E-state index contributed by atoms with van der Waals surface area (Å²) in [6.07, 6.45) is 5.35. The fourth-order valence-electron chi connectivity index (χ4n) is 5.06. The van der Waals surface area contributed by atoms with E-state index in [-0.39, 0.29) is 0 Å². The summed E-state index contributed by atoms with van der Waals surface area (Å²) in [6, 6.07) is 17.8. The van der Waals surface area contributed by atoms with Gasteiger partial charge in [0.2, 0.25) is 0 Å². The Morgan fingerprint density at radius 2 is 1.70 bits per heavy atom. The Labute approximate surface area is 178 Å². The average molecular weight is 472 g/mol. The monoisotopic (exact) mass is 472 g/mol. The molecule has 0 radical (unpaired) electrons. The van der Waals surface area contributed by atoms with Gasteiger partial charge in [0.1, 0.15) is 13.1 Å². The summed E-state index contributed by atoms with van der Waals surface area (Å²) >= 11 is 2.42. The number of fused-ring (bicyclic) bond motifs is 1. The maximum Gasteiger partial charge on any atom is 0.104 e. The van der Waals surface area contributed by atoms with Gasteiger partial charge in [0.25, 0.3) is 0 Å². The molecule has 3 aliphatic rings. The molecule has 0 heterocycles. The SMILES string of the molecule is CC1(C)[C@@H]2CC(C[N+](C)(C)Cc3ccc(-c4ccccc4I)cc3)=C[C@H]1C2. The third kappa shape index (κ3) is 3.88. The summed E-state index contributed by atoms with van der Waals surface area (Å²) < 4.78 is 2.35. The zero-order chi connectivity index (χ0) is 19.2. The molecule has 5 rings (SSSR count). The molecular formula is C25H31IN+. The van der Waals surface area contributed by atoms with Gasteiger partial charge in [-0.2, -0.15) is 0 Å². The van der Waals surface area contributed by atoms with Crippen LogP contribution in [0.1, 0.15) is 32.3 Å². The van der Waals surface area contributed by atoms with Gasteiger partial charge in [-0.25, -0.2) is 0 Å². The van der Waals surface area contributed by atoms with Crippen molar-refractivity contribution in [3.8, 4) is 11.1 Å². The van der Waals surface area contributed by atoms with Crippen LogP contribution in [0.5, 0.6) is 0 Å².